The molecule has 1 heterocycles. The molecule has 0 saturated carbocycles. The Labute approximate surface area is 203 Å². The molecule has 33 heavy (non-hydrogen) atoms. The van der Waals surface area contributed by atoms with E-state index in [9.17, 15) is 14.7 Å². The van der Waals surface area contributed by atoms with E-state index in [1.54, 1.807) is 43.0 Å². The van der Waals surface area contributed by atoms with E-state index in [4.69, 9.17) is 15.3 Å². The van der Waals surface area contributed by atoms with Gasteiger partial charge >= 0.3 is 6.09 Å². The van der Waals surface area contributed by atoms with Gasteiger partial charge in [0, 0.05) is 23.2 Å². The van der Waals surface area contributed by atoms with Gasteiger partial charge in [0.15, 0.2) is 5.78 Å². The fourth-order valence-corrected chi connectivity index (χ4v) is 3.83. The van der Waals surface area contributed by atoms with Gasteiger partial charge < -0.3 is 19.8 Å². The van der Waals surface area contributed by atoms with Gasteiger partial charge in [-0.05, 0) is 54.7 Å². The first-order valence-corrected chi connectivity index (χ1v) is 10.4. The number of carboxylic acid groups (broad SMARTS) is 1. The number of Topliss-reactive ketones (excluding diaryl/α,β-unsaturated/α-hetero) is 1. The van der Waals surface area contributed by atoms with E-state index in [-0.39, 0.29) is 52.0 Å². The number of phenols is 1. The van der Waals surface area contributed by atoms with E-state index < -0.39 is 6.09 Å². The van der Waals surface area contributed by atoms with Gasteiger partial charge in [0.25, 0.3) is 0 Å². The highest BCUT2D eigenvalue weighted by Gasteiger charge is 2.29. The fraction of sp³-hybridized carbons (Fsp3) is 0.375. The van der Waals surface area contributed by atoms with Crippen LogP contribution in [0.3, 0.4) is 0 Å². The standard InChI is InChI=1S/C24H29N3O5.BrH/c1-6-32-20-9-15-11-27(22(25)16(15)10-18(20)26-23(30)31)12-19(28)14-7-13(2)21(29)17(8-14)24(3,4)5;/h7-10,25-26,29H,6,11-12H2,1-5H3,(H,30,31);1H. The van der Waals surface area contributed by atoms with Crippen LogP contribution in [0.4, 0.5) is 10.5 Å². The summed E-state index contributed by atoms with van der Waals surface area (Å²) in [4.78, 5) is 25.9. The Morgan fingerprint density at radius 3 is 2.45 bits per heavy atom. The normalized spacial score (nSPS) is 12.8. The third-order valence-electron chi connectivity index (χ3n) is 5.44. The smallest absolute Gasteiger partial charge is 0.409 e. The molecule has 1 aliphatic heterocycles. The molecular weight excluding hydrogens is 490 g/mol. The summed E-state index contributed by atoms with van der Waals surface area (Å²) >= 11 is 0. The number of nitrogens with zero attached hydrogens (tertiary/aromatic N) is 1. The minimum atomic E-state index is -1.22. The number of benzene rings is 2. The van der Waals surface area contributed by atoms with E-state index in [2.05, 4.69) is 5.32 Å². The van der Waals surface area contributed by atoms with Crippen molar-refractivity contribution >= 4 is 40.4 Å². The first-order valence-electron chi connectivity index (χ1n) is 10.4. The van der Waals surface area contributed by atoms with Crippen molar-refractivity contribution in [3.05, 3.63) is 52.1 Å². The number of hydrogen-bond acceptors (Lipinski definition) is 5. The molecule has 9 heteroatoms. The molecule has 0 saturated heterocycles. The molecule has 3 rings (SSSR count). The molecule has 2 aromatic carbocycles. The predicted octanol–water partition coefficient (Wildman–Crippen LogP) is 5.09. The van der Waals surface area contributed by atoms with Crippen LogP contribution in [0.2, 0.25) is 0 Å². The van der Waals surface area contributed by atoms with Crippen molar-refractivity contribution in [2.24, 2.45) is 0 Å². The third-order valence-corrected chi connectivity index (χ3v) is 5.44. The number of aromatic hydroxyl groups is 1. The van der Waals surface area contributed by atoms with Crippen molar-refractivity contribution in [1.29, 1.82) is 5.41 Å². The summed E-state index contributed by atoms with van der Waals surface area (Å²) in [7, 11) is 0. The van der Waals surface area contributed by atoms with Gasteiger partial charge in [0.2, 0.25) is 0 Å². The SMILES string of the molecule is Br.CCOc1cc2c(cc1NC(=O)O)C(=N)N(CC(=O)c1cc(C)c(O)c(C(C)(C)C)c1)C2. The van der Waals surface area contributed by atoms with Crippen LogP contribution in [0, 0.1) is 12.3 Å². The third kappa shape index (κ3) is 5.47. The highest BCUT2D eigenvalue weighted by Crippen LogP contribution is 2.36. The van der Waals surface area contributed by atoms with Crippen molar-refractivity contribution in [3.63, 3.8) is 0 Å². The van der Waals surface area contributed by atoms with Crippen LogP contribution in [-0.4, -0.2) is 46.0 Å². The summed E-state index contributed by atoms with van der Waals surface area (Å²) in [5, 5.41) is 30.4. The molecule has 0 aliphatic carbocycles. The minimum Gasteiger partial charge on any atom is -0.507 e. The molecule has 0 atom stereocenters. The highest BCUT2D eigenvalue weighted by molar-refractivity contribution is 8.93. The monoisotopic (exact) mass is 519 g/mol. The molecule has 0 fully saturated rings. The van der Waals surface area contributed by atoms with Crippen LogP contribution >= 0.6 is 17.0 Å². The summed E-state index contributed by atoms with van der Waals surface area (Å²) in [5.41, 5.74) is 3.10. The first kappa shape index (κ1) is 26.2. The van der Waals surface area contributed by atoms with Crippen molar-refractivity contribution in [3.8, 4) is 11.5 Å². The quantitative estimate of drug-likeness (QED) is 0.394. The van der Waals surface area contributed by atoms with Gasteiger partial charge in [-0.2, -0.15) is 0 Å². The number of phenolic OH excluding ortho intramolecular Hbond substituents is 1. The average molecular weight is 520 g/mol. The predicted molar refractivity (Wildman–Crippen MR) is 133 cm³/mol. The van der Waals surface area contributed by atoms with Crippen LogP contribution in [0.15, 0.2) is 24.3 Å². The maximum Gasteiger partial charge on any atom is 0.409 e. The van der Waals surface area contributed by atoms with E-state index in [0.29, 0.717) is 41.2 Å². The summed E-state index contributed by atoms with van der Waals surface area (Å²) in [6, 6.07) is 6.68. The first-order chi connectivity index (χ1) is 14.9. The van der Waals surface area contributed by atoms with Gasteiger partial charge in [-0.3, -0.25) is 15.5 Å². The number of amidine groups is 1. The lowest BCUT2D eigenvalue weighted by molar-refractivity contribution is 0.0962. The lowest BCUT2D eigenvalue weighted by Gasteiger charge is -2.23. The Bertz CT molecular complexity index is 1110. The Morgan fingerprint density at radius 1 is 1.21 bits per heavy atom. The van der Waals surface area contributed by atoms with Crippen molar-refractivity contribution < 1.29 is 24.5 Å². The van der Waals surface area contributed by atoms with Gasteiger partial charge in [0.1, 0.15) is 17.3 Å². The zero-order valence-corrected chi connectivity index (χ0v) is 21.1. The Kier molecular flexibility index (Phi) is 7.79. The number of aryl methyl sites for hydroxylation is 1. The number of amides is 1. The van der Waals surface area contributed by atoms with E-state index in [0.717, 1.165) is 5.56 Å². The lowest BCUT2D eigenvalue weighted by Crippen LogP contribution is -2.30. The molecular formula is C24H30BrN3O5. The molecule has 4 N–H and O–H groups in total. The Hall–Kier alpha value is -3.07. The number of anilines is 1. The van der Waals surface area contributed by atoms with Crippen molar-refractivity contribution in [2.45, 2.75) is 46.6 Å². The molecule has 1 aliphatic rings. The van der Waals surface area contributed by atoms with E-state index >= 15 is 0 Å². The van der Waals surface area contributed by atoms with Crippen molar-refractivity contribution in [1.82, 2.24) is 4.90 Å². The van der Waals surface area contributed by atoms with Crippen LogP contribution in [0.1, 0.15) is 60.3 Å². The topological polar surface area (TPSA) is 123 Å². The molecule has 0 spiro atoms. The number of carbonyl (C=O) groups excluding carboxylic acids is 1. The largest absolute Gasteiger partial charge is 0.507 e. The number of fused-ring (bicyclic) bond motifs is 1. The van der Waals surface area contributed by atoms with Crippen LogP contribution in [0.25, 0.3) is 0 Å². The van der Waals surface area contributed by atoms with Gasteiger partial charge in [0.05, 0.1) is 18.8 Å². The maximum atomic E-state index is 13.1. The average Bonchev–Trinajstić information content (AvgIpc) is 2.97. The number of rotatable bonds is 6. The van der Waals surface area contributed by atoms with Gasteiger partial charge in [-0.25, -0.2) is 4.79 Å². The Balaban J connectivity index is 0.00000385. The molecule has 8 nitrogen and oxygen atoms in total. The second-order valence-electron chi connectivity index (χ2n) is 8.94. The van der Waals surface area contributed by atoms with E-state index in [1.807, 2.05) is 20.8 Å². The zero-order valence-electron chi connectivity index (χ0n) is 19.4. The summed E-state index contributed by atoms with van der Waals surface area (Å²) < 4.78 is 5.55. The summed E-state index contributed by atoms with van der Waals surface area (Å²) in [5.74, 6) is 0.567. The Morgan fingerprint density at radius 2 is 1.88 bits per heavy atom. The van der Waals surface area contributed by atoms with Gasteiger partial charge in [-0.1, -0.05) is 20.8 Å². The second kappa shape index (κ2) is 9.82. The number of nitrogens with one attached hydrogen (secondary N) is 2. The van der Waals surface area contributed by atoms with Crippen LogP contribution in [-0.2, 0) is 12.0 Å². The lowest BCUT2D eigenvalue weighted by atomic mass is 9.83. The molecule has 0 radical (unpaired) electrons. The number of halogens is 1. The number of carbonyl (C=O) groups is 2. The summed E-state index contributed by atoms with van der Waals surface area (Å²) in [6.07, 6.45) is -1.22. The molecule has 0 unspecified atom stereocenters. The van der Waals surface area contributed by atoms with Crippen molar-refractivity contribution in [2.75, 3.05) is 18.5 Å². The molecule has 0 bridgehead atoms. The number of hydrogen-bond donors (Lipinski definition) is 4. The fourth-order valence-electron chi connectivity index (χ4n) is 3.83. The molecule has 1 amide bonds. The molecule has 2 aromatic rings. The number of ketones is 1. The summed E-state index contributed by atoms with van der Waals surface area (Å²) in [6.45, 7) is 10.2. The molecule has 0 aromatic heterocycles. The second-order valence-corrected chi connectivity index (χ2v) is 8.94. The zero-order chi connectivity index (χ0) is 23.8. The van der Waals surface area contributed by atoms with Crippen LogP contribution < -0.4 is 10.1 Å². The highest BCUT2D eigenvalue weighted by atomic mass is 79.9. The van der Waals surface area contributed by atoms with E-state index in [1.165, 1.54) is 0 Å². The number of ether oxygens (including phenoxy) is 1. The van der Waals surface area contributed by atoms with Gasteiger partial charge in [-0.15, -0.1) is 17.0 Å². The van der Waals surface area contributed by atoms with Crippen LogP contribution in [0.5, 0.6) is 11.5 Å². The maximum absolute atomic E-state index is 13.1. The minimum absolute atomic E-state index is 0. The molecule has 178 valence electrons.